The summed E-state index contributed by atoms with van der Waals surface area (Å²) in [6, 6.07) is 10.2. The van der Waals surface area contributed by atoms with Gasteiger partial charge in [0.05, 0.1) is 5.69 Å². The van der Waals surface area contributed by atoms with Crippen molar-refractivity contribution in [2.45, 2.75) is 13.8 Å². The molecule has 0 spiro atoms. The van der Waals surface area contributed by atoms with E-state index >= 15 is 0 Å². The van der Waals surface area contributed by atoms with Gasteiger partial charge < -0.3 is 0 Å². The first kappa shape index (κ1) is 9.71. The molecule has 0 atom stereocenters. The maximum absolute atomic E-state index is 4.24. The Balaban J connectivity index is 2.52. The molecule has 0 fully saturated rings. The molecule has 0 aliphatic rings. The highest BCUT2D eigenvalue weighted by Gasteiger charge is 2.00. The lowest BCUT2D eigenvalue weighted by Gasteiger charge is -2.06. The molecule has 0 N–H and O–H groups in total. The molecular formula is C13H14N2. The van der Waals surface area contributed by atoms with Crippen LogP contribution in [0.25, 0.3) is 11.8 Å². The normalized spacial score (nSPS) is 10.0. The van der Waals surface area contributed by atoms with Crippen molar-refractivity contribution in [1.82, 2.24) is 9.78 Å². The quantitative estimate of drug-likeness (QED) is 0.724. The van der Waals surface area contributed by atoms with E-state index in [0.29, 0.717) is 0 Å². The standard InChI is InChI=1S/C13H14N2/c1-11(2)10-12-6-3-4-7-13(12)15-9-5-8-14-15/h3-10H,1-2H3. The summed E-state index contributed by atoms with van der Waals surface area (Å²) < 4.78 is 1.88. The van der Waals surface area contributed by atoms with Crippen LogP contribution in [0.1, 0.15) is 19.4 Å². The Morgan fingerprint density at radius 1 is 1.20 bits per heavy atom. The van der Waals surface area contributed by atoms with E-state index in [-0.39, 0.29) is 0 Å². The molecule has 1 heterocycles. The molecule has 15 heavy (non-hydrogen) atoms. The zero-order valence-corrected chi connectivity index (χ0v) is 9.01. The highest BCUT2D eigenvalue weighted by Crippen LogP contribution is 2.16. The van der Waals surface area contributed by atoms with Crippen LogP contribution in [0.15, 0.2) is 48.3 Å². The van der Waals surface area contributed by atoms with Gasteiger partial charge in [-0.25, -0.2) is 4.68 Å². The van der Waals surface area contributed by atoms with E-state index in [2.05, 4.69) is 37.2 Å². The van der Waals surface area contributed by atoms with Crippen molar-refractivity contribution in [2.24, 2.45) is 0 Å². The van der Waals surface area contributed by atoms with E-state index in [1.54, 1.807) is 6.20 Å². The van der Waals surface area contributed by atoms with Gasteiger partial charge in [0.2, 0.25) is 0 Å². The summed E-state index contributed by atoms with van der Waals surface area (Å²) in [5, 5.41) is 4.24. The van der Waals surface area contributed by atoms with Gasteiger partial charge in [-0.1, -0.05) is 29.8 Å². The highest BCUT2D eigenvalue weighted by molar-refractivity contribution is 5.61. The van der Waals surface area contributed by atoms with E-state index in [0.717, 1.165) is 5.69 Å². The lowest BCUT2D eigenvalue weighted by molar-refractivity contribution is 0.878. The highest BCUT2D eigenvalue weighted by atomic mass is 15.3. The summed E-state index contributed by atoms with van der Waals surface area (Å²) in [5.41, 5.74) is 3.60. The average molecular weight is 198 g/mol. The zero-order chi connectivity index (χ0) is 10.7. The van der Waals surface area contributed by atoms with Gasteiger partial charge in [-0.2, -0.15) is 5.10 Å². The fourth-order valence-corrected chi connectivity index (χ4v) is 1.54. The van der Waals surface area contributed by atoms with Crippen molar-refractivity contribution in [2.75, 3.05) is 0 Å². The van der Waals surface area contributed by atoms with Gasteiger partial charge in [-0.3, -0.25) is 0 Å². The average Bonchev–Trinajstić information content (AvgIpc) is 2.70. The van der Waals surface area contributed by atoms with Crippen molar-refractivity contribution in [1.29, 1.82) is 0 Å². The van der Waals surface area contributed by atoms with E-state index in [9.17, 15) is 0 Å². The van der Waals surface area contributed by atoms with Crippen LogP contribution in [0.4, 0.5) is 0 Å². The molecule has 2 rings (SSSR count). The van der Waals surface area contributed by atoms with Gasteiger partial charge >= 0.3 is 0 Å². The van der Waals surface area contributed by atoms with Gasteiger partial charge in [0, 0.05) is 18.0 Å². The molecule has 1 aromatic carbocycles. The van der Waals surface area contributed by atoms with Crippen LogP contribution in [0, 0.1) is 0 Å². The first-order chi connectivity index (χ1) is 7.27. The van der Waals surface area contributed by atoms with E-state index in [4.69, 9.17) is 0 Å². The Kier molecular flexibility index (Phi) is 2.68. The predicted octanol–water partition coefficient (Wildman–Crippen LogP) is 3.30. The van der Waals surface area contributed by atoms with Crippen molar-refractivity contribution < 1.29 is 0 Å². The Morgan fingerprint density at radius 3 is 2.67 bits per heavy atom. The minimum Gasteiger partial charge on any atom is -0.240 e. The van der Waals surface area contributed by atoms with Crippen LogP contribution in [0.5, 0.6) is 0 Å². The molecule has 0 unspecified atom stereocenters. The second-order valence-electron chi connectivity index (χ2n) is 3.73. The van der Waals surface area contributed by atoms with Crippen LogP contribution < -0.4 is 0 Å². The molecule has 1 aromatic heterocycles. The number of hydrogen-bond donors (Lipinski definition) is 0. The van der Waals surface area contributed by atoms with Gasteiger partial charge in [0.25, 0.3) is 0 Å². The van der Waals surface area contributed by atoms with Crippen LogP contribution in [0.2, 0.25) is 0 Å². The predicted molar refractivity (Wildman–Crippen MR) is 62.9 cm³/mol. The number of allylic oxidation sites excluding steroid dienone is 1. The summed E-state index contributed by atoms with van der Waals surface area (Å²) in [5.74, 6) is 0. The number of aromatic nitrogens is 2. The van der Waals surface area contributed by atoms with Crippen molar-refractivity contribution >= 4 is 6.08 Å². The molecule has 0 aliphatic heterocycles. The molecule has 2 nitrogen and oxygen atoms in total. The second-order valence-corrected chi connectivity index (χ2v) is 3.73. The third kappa shape index (κ3) is 2.15. The van der Waals surface area contributed by atoms with E-state index in [1.807, 2.05) is 29.1 Å². The maximum atomic E-state index is 4.24. The maximum Gasteiger partial charge on any atom is 0.0717 e. The van der Waals surface area contributed by atoms with Gasteiger partial charge in [-0.15, -0.1) is 0 Å². The summed E-state index contributed by atoms with van der Waals surface area (Å²) in [6.45, 7) is 4.19. The molecule has 76 valence electrons. The second kappa shape index (κ2) is 4.13. The molecule has 0 amide bonds. The molecule has 0 saturated heterocycles. The summed E-state index contributed by atoms with van der Waals surface area (Å²) in [6.07, 6.45) is 5.91. The molecule has 2 heteroatoms. The van der Waals surface area contributed by atoms with Crippen LogP contribution in [-0.2, 0) is 0 Å². The first-order valence-corrected chi connectivity index (χ1v) is 5.01. The molecule has 2 aromatic rings. The number of para-hydroxylation sites is 1. The third-order valence-electron chi connectivity index (χ3n) is 2.13. The van der Waals surface area contributed by atoms with Crippen LogP contribution in [-0.4, -0.2) is 9.78 Å². The number of benzene rings is 1. The smallest absolute Gasteiger partial charge is 0.0717 e. The molecule has 0 aliphatic carbocycles. The minimum atomic E-state index is 1.11. The Bertz CT molecular complexity index is 463. The fraction of sp³-hybridized carbons (Fsp3) is 0.154. The minimum absolute atomic E-state index is 1.11. The number of nitrogens with zero attached hydrogens (tertiary/aromatic N) is 2. The van der Waals surface area contributed by atoms with Gasteiger partial charge in [0.1, 0.15) is 0 Å². The molecular weight excluding hydrogens is 184 g/mol. The molecule has 0 saturated carbocycles. The van der Waals surface area contributed by atoms with Crippen molar-refractivity contribution in [3.05, 3.63) is 53.9 Å². The monoisotopic (exact) mass is 198 g/mol. The Morgan fingerprint density at radius 2 is 2.00 bits per heavy atom. The van der Waals surface area contributed by atoms with Crippen LogP contribution >= 0.6 is 0 Å². The van der Waals surface area contributed by atoms with Crippen molar-refractivity contribution in [3.63, 3.8) is 0 Å². The summed E-state index contributed by atoms with van der Waals surface area (Å²) in [4.78, 5) is 0. The SMILES string of the molecule is CC(C)=Cc1ccccc1-n1cccn1. The number of hydrogen-bond acceptors (Lipinski definition) is 1. The third-order valence-corrected chi connectivity index (χ3v) is 2.13. The Labute approximate surface area is 89.9 Å². The summed E-state index contributed by atoms with van der Waals surface area (Å²) in [7, 11) is 0. The zero-order valence-electron chi connectivity index (χ0n) is 9.01. The van der Waals surface area contributed by atoms with E-state index < -0.39 is 0 Å². The topological polar surface area (TPSA) is 17.8 Å². The largest absolute Gasteiger partial charge is 0.240 e. The Hall–Kier alpha value is -1.83. The van der Waals surface area contributed by atoms with Crippen molar-refractivity contribution in [3.8, 4) is 5.69 Å². The number of rotatable bonds is 2. The molecule has 0 radical (unpaired) electrons. The molecule has 0 bridgehead atoms. The van der Waals surface area contributed by atoms with E-state index in [1.165, 1.54) is 11.1 Å². The van der Waals surface area contributed by atoms with Gasteiger partial charge in [-0.05, 0) is 26.0 Å². The fourth-order valence-electron chi connectivity index (χ4n) is 1.54. The van der Waals surface area contributed by atoms with Gasteiger partial charge in [0.15, 0.2) is 0 Å². The lowest BCUT2D eigenvalue weighted by atomic mass is 10.1. The van der Waals surface area contributed by atoms with Crippen LogP contribution in [0.3, 0.4) is 0 Å². The first-order valence-electron chi connectivity index (χ1n) is 5.01. The lowest BCUT2D eigenvalue weighted by Crippen LogP contribution is -1.96. The summed E-state index contributed by atoms with van der Waals surface area (Å²) >= 11 is 0.